The van der Waals surface area contributed by atoms with Crippen LogP contribution in [0.25, 0.3) is 0 Å². The molecule has 0 fully saturated rings. The zero-order valence-electron chi connectivity index (χ0n) is 13.0. The second-order valence-electron chi connectivity index (χ2n) is 6.83. The van der Waals surface area contributed by atoms with E-state index in [-0.39, 0.29) is 29.2 Å². The Labute approximate surface area is 126 Å². The number of hydrogen-bond donors (Lipinski definition) is 0. The van der Waals surface area contributed by atoms with E-state index in [0.29, 0.717) is 0 Å². The van der Waals surface area contributed by atoms with E-state index in [1.807, 2.05) is 0 Å². The van der Waals surface area contributed by atoms with Gasteiger partial charge >= 0.3 is 5.97 Å². The maximum absolute atomic E-state index is 12.0. The monoisotopic (exact) mass is 301 g/mol. The van der Waals surface area contributed by atoms with Crippen molar-refractivity contribution in [2.24, 2.45) is 10.8 Å². The lowest BCUT2D eigenvalue weighted by atomic mass is 9.68. The largest absolute Gasteiger partial charge is 0.468 e. The molecule has 0 spiro atoms. The maximum Gasteiger partial charge on any atom is 0.325 e. The summed E-state index contributed by atoms with van der Waals surface area (Å²) in [5.41, 5.74) is 0.925. The van der Waals surface area contributed by atoms with Gasteiger partial charge < -0.3 is 9.64 Å². The standard InChI is InChI=1S/C15H24ClNO3/c1-14(2)6-11(7-15(3,4)10-14)17(12(18)8-16)9-13(19)20-5/h6H,7-10H2,1-5H3. The average Bonchev–Trinajstić information content (AvgIpc) is 2.30. The molecular formula is C15H24ClNO3. The number of carbonyl (C=O) groups excluding carboxylic acids is 2. The van der Waals surface area contributed by atoms with Gasteiger partial charge in [-0.25, -0.2) is 0 Å². The minimum absolute atomic E-state index is 0.0158. The summed E-state index contributed by atoms with van der Waals surface area (Å²) in [6.07, 6.45) is 3.85. The van der Waals surface area contributed by atoms with Crippen LogP contribution < -0.4 is 0 Å². The van der Waals surface area contributed by atoms with Gasteiger partial charge in [0.25, 0.3) is 0 Å². The molecule has 0 atom stereocenters. The molecule has 1 aliphatic rings. The molecule has 0 saturated carbocycles. The van der Waals surface area contributed by atoms with Gasteiger partial charge in [-0.05, 0) is 23.7 Å². The van der Waals surface area contributed by atoms with Gasteiger partial charge in [-0.2, -0.15) is 0 Å². The maximum atomic E-state index is 12.0. The molecular weight excluding hydrogens is 278 g/mol. The van der Waals surface area contributed by atoms with Crippen molar-refractivity contribution in [3.8, 4) is 0 Å². The summed E-state index contributed by atoms with van der Waals surface area (Å²) >= 11 is 5.66. The Morgan fingerprint density at radius 3 is 2.40 bits per heavy atom. The van der Waals surface area contributed by atoms with Crippen molar-refractivity contribution in [2.75, 3.05) is 19.5 Å². The molecule has 0 N–H and O–H groups in total. The van der Waals surface area contributed by atoms with Gasteiger partial charge in [0.2, 0.25) is 5.91 Å². The van der Waals surface area contributed by atoms with Crippen molar-refractivity contribution >= 4 is 23.5 Å². The highest BCUT2D eigenvalue weighted by molar-refractivity contribution is 6.27. The Kier molecular flexibility index (Phi) is 5.25. The number of halogens is 1. The van der Waals surface area contributed by atoms with Crippen molar-refractivity contribution < 1.29 is 14.3 Å². The lowest BCUT2D eigenvalue weighted by Crippen LogP contribution is -2.40. The van der Waals surface area contributed by atoms with Crippen LogP contribution >= 0.6 is 11.6 Å². The summed E-state index contributed by atoms with van der Waals surface area (Å²) in [5.74, 6) is -0.850. The molecule has 0 bridgehead atoms. The number of hydrogen-bond acceptors (Lipinski definition) is 3. The number of ether oxygens (including phenoxy) is 1. The molecule has 0 aromatic heterocycles. The Morgan fingerprint density at radius 1 is 1.35 bits per heavy atom. The number of alkyl halides is 1. The van der Waals surface area contributed by atoms with Gasteiger partial charge in [0.1, 0.15) is 12.4 Å². The van der Waals surface area contributed by atoms with Gasteiger partial charge in [0.15, 0.2) is 0 Å². The van der Waals surface area contributed by atoms with Crippen LogP contribution in [0.4, 0.5) is 0 Å². The Bertz CT molecular complexity index is 427. The molecule has 0 saturated heterocycles. The molecule has 4 nitrogen and oxygen atoms in total. The van der Waals surface area contributed by atoms with Crippen molar-refractivity contribution in [1.82, 2.24) is 4.90 Å². The molecule has 5 heteroatoms. The van der Waals surface area contributed by atoms with Crippen molar-refractivity contribution in [2.45, 2.75) is 40.5 Å². The van der Waals surface area contributed by atoms with Crippen LogP contribution in [0.5, 0.6) is 0 Å². The highest BCUT2D eigenvalue weighted by atomic mass is 35.5. The number of amides is 1. The summed E-state index contributed by atoms with van der Waals surface area (Å²) in [6.45, 7) is 8.53. The van der Waals surface area contributed by atoms with Crippen molar-refractivity contribution in [1.29, 1.82) is 0 Å². The molecule has 1 amide bonds. The number of methoxy groups -OCH3 is 1. The SMILES string of the molecule is COC(=O)CN(C(=O)CCl)C1=CC(C)(C)CC(C)(C)C1. The molecule has 1 aliphatic carbocycles. The fourth-order valence-electron chi connectivity index (χ4n) is 3.13. The first-order valence-corrected chi connectivity index (χ1v) is 7.28. The third-order valence-electron chi connectivity index (χ3n) is 3.43. The van der Waals surface area contributed by atoms with Crippen LogP contribution in [-0.4, -0.2) is 36.3 Å². The van der Waals surface area contributed by atoms with E-state index in [0.717, 1.165) is 18.5 Å². The molecule has 0 aromatic carbocycles. The third kappa shape index (κ3) is 4.51. The summed E-state index contributed by atoms with van der Waals surface area (Å²) in [6, 6.07) is 0. The topological polar surface area (TPSA) is 46.6 Å². The quantitative estimate of drug-likeness (QED) is 0.592. The highest BCUT2D eigenvalue weighted by Gasteiger charge is 2.36. The van der Waals surface area contributed by atoms with E-state index >= 15 is 0 Å². The fourth-order valence-corrected chi connectivity index (χ4v) is 3.27. The molecule has 0 aromatic rings. The molecule has 20 heavy (non-hydrogen) atoms. The average molecular weight is 302 g/mol. The van der Waals surface area contributed by atoms with Gasteiger partial charge in [-0.1, -0.05) is 33.8 Å². The first-order chi connectivity index (χ1) is 9.10. The van der Waals surface area contributed by atoms with E-state index in [4.69, 9.17) is 11.6 Å². The lowest BCUT2D eigenvalue weighted by molar-refractivity contribution is -0.145. The Balaban J connectivity index is 3.09. The predicted molar refractivity (Wildman–Crippen MR) is 79.3 cm³/mol. The number of allylic oxidation sites excluding steroid dienone is 2. The van der Waals surface area contributed by atoms with Crippen LogP contribution in [0.1, 0.15) is 40.5 Å². The van der Waals surface area contributed by atoms with Crippen LogP contribution in [-0.2, 0) is 14.3 Å². The summed E-state index contributed by atoms with van der Waals surface area (Å²) < 4.78 is 4.67. The van der Waals surface area contributed by atoms with Crippen molar-refractivity contribution in [3.63, 3.8) is 0 Å². The second-order valence-corrected chi connectivity index (χ2v) is 7.10. The zero-order chi connectivity index (χ0) is 15.6. The zero-order valence-corrected chi connectivity index (χ0v) is 13.7. The van der Waals surface area contributed by atoms with Crippen LogP contribution in [0.2, 0.25) is 0 Å². The number of carbonyl (C=O) groups is 2. The van der Waals surface area contributed by atoms with E-state index in [1.165, 1.54) is 12.0 Å². The molecule has 1 rings (SSSR count). The molecule has 114 valence electrons. The summed E-state index contributed by atoms with van der Waals surface area (Å²) in [5, 5.41) is 0. The summed E-state index contributed by atoms with van der Waals surface area (Å²) in [7, 11) is 1.31. The number of esters is 1. The lowest BCUT2D eigenvalue weighted by Gasteiger charge is -2.42. The van der Waals surface area contributed by atoms with Gasteiger partial charge in [0.05, 0.1) is 7.11 Å². The van der Waals surface area contributed by atoms with Crippen LogP contribution in [0.15, 0.2) is 11.8 Å². The third-order valence-corrected chi connectivity index (χ3v) is 3.66. The normalized spacial score (nSPS) is 20.0. The Morgan fingerprint density at radius 2 is 1.95 bits per heavy atom. The minimum atomic E-state index is -0.439. The van der Waals surface area contributed by atoms with E-state index in [2.05, 4.69) is 38.5 Å². The van der Waals surface area contributed by atoms with Gasteiger partial charge in [0, 0.05) is 5.70 Å². The molecule has 0 radical (unpaired) electrons. The van der Waals surface area contributed by atoms with Crippen molar-refractivity contribution in [3.05, 3.63) is 11.8 Å². The highest BCUT2D eigenvalue weighted by Crippen LogP contribution is 2.45. The molecule has 0 heterocycles. The van der Waals surface area contributed by atoms with Gasteiger partial charge in [-0.15, -0.1) is 11.6 Å². The number of nitrogens with zero attached hydrogens (tertiary/aromatic N) is 1. The fraction of sp³-hybridized carbons (Fsp3) is 0.733. The van der Waals surface area contributed by atoms with Gasteiger partial charge in [-0.3, -0.25) is 9.59 Å². The first-order valence-electron chi connectivity index (χ1n) is 6.75. The van der Waals surface area contributed by atoms with E-state index in [1.54, 1.807) is 0 Å². The smallest absolute Gasteiger partial charge is 0.325 e. The minimum Gasteiger partial charge on any atom is -0.468 e. The molecule has 0 aliphatic heterocycles. The first kappa shape index (κ1) is 17.0. The Hall–Kier alpha value is -1.03. The second kappa shape index (κ2) is 6.17. The summed E-state index contributed by atoms with van der Waals surface area (Å²) in [4.78, 5) is 25.0. The van der Waals surface area contributed by atoms with Crippen LogP contribution in [0, 0.1) is 10.8 Å². The predicted octanol–water partition coefficient (Wildman–Crippen LogP) is 2.96. The van der Waals surface area contributed by atoms with E-state index in [9.17, 15) is 9.59 Å². The van der Waals surface area contributed by atoms with Crippen LogP contribution in [0.3, 0.4) is 0 Å². The molecule has 0 unspecified atom stereocenters. The van der Waals surface area contributed by atoms with E-state index < -0.39 is 5.97 Å². The number of rotatable bonds is 4.